The fourth-order valence-electron chi connectivity index (χ4n) is 2.31. The number of nitrogens with zero attached hydrogens (tertiary/aromatic N) is 1. The Kier molecular flexibility index (Phi) is 5.71. The Morgan fingerprint density at radius 3 is 2.76 bits per heavy atom. The van der Waals surface area contributed by atoms with Gasteiger partial charge in [0.25, 0.3) is 0 Å². The number of rotatable bonds is 7. The summed E-state index contributed by atoms with van der Waals surface area (Å²) in [6, 6.07) is 8.04. The standard InChI is InChI=1S/C17H23ClN2O/c1-13(2)9-19-10-15-8-16(18)4-5-17(15)20(3)11-14-6-7-21-12-14/h4-8,12-13,19H,9-11H2,1-3H3. The van der Waals surface area contributed by atoms with Crippen LogP contribution in [0.4, 0.5) is 5.69 Å². The number of benzene rings is 1. The minimum Gasteiger partial charge on any atom is -0.472 e. The van der Waals surface area contributed by atoms with E-state index in [0.29, 0.717) is 5.92 Å². The zero-order chi connectivity index (χ0) is 15.2. The molecule has 1 aromatic heterocycles. The summed E-state index contributed by atoms with van der Waals surface area (Å²) in [6.07, 6.45) is 3.49. The summed E-state index contributed by atoms with van der Waals surface area (Å²) in [5.41, 5.74) is 3.57. The summed E-state index contributed by atoms with van der Waals surface area (Å²) in [6.45, 7) is 7.05. The summed E-state index contributed by atoms with van der Waals surface area (Å²) in [5.74, 6) is 0.635. The highest BCUT2D eigenvalue weighted by molar-refractivity contribution is 6.30. The van der Waals surface area contributed by atoms with Crippen LogP contribution in [0.3, 0.4) is 0 Å². The minimum absolute atomic E-state index is 0.635. The SMILES string of the molecule is CC(C)CNCc1cc(Cl)ccc1N(C)Cc1ccoc1. The number of nitrogens with one attached hydrogen (secondary N) is 1. The predicted octanol–water partition coefficient (Wildman–Crippen LogP) is 4.32. The van der Waals surface area contributed by atoms with E-state index in [1.165, 1.54) is 11.3 Å². The first-order valence-electron chi connectivity index (χ1n) is 7.27. The highest BCUT2D eigenvalue weighted by atomic mass is 35.5. The van der Waals surface area contributed by atoms with Crippen LogP contribution in [-0.4, -0.2) is 13.6 Å². The molecule has 114 valence electrons. The Balaban J connectivity index is 2.09. The smallest absolute Gasteiger partial charge is 0.0952 e. The van der Waals surface area contributed by atoms with E-state index in [2.05, 4.69) is 37.2 Å². The largest absolute Gasteiger partial charge is 0.472 e. The van der Waals surface area contributed by atoms with E-state index in [1.807, 2.05) is 18.2 Å². The van der Waals surface area contributed by atoms with Crippen LogP contribution in [0.5, 0.6) is 0 Å². The molecule has 0 spiro atoms. The topological polar surface area (TPSA) is 28.4 Å². The average Bonchev–Trinajstić information content (AvgIpc) is 2.91. The van der Waals surface area contributed by atoms with E-state index in [1.54, 1.807) is 12.5 Å². The molecule has 0 aliphatic carbocycles. The van der Waals surface area contributed by atoms with Gasteiger partial charge in [-0.25, -0.2) is 0 Å². The van der Waals surface area contributed by atoms with Crippen molar-refractivity contribution in [2.24, 2.45) is 5.92 Å². The van der Waals surface area contributed by atoms with Crippen molar-refractivity contribution >= 4 is 17.3 Å². The molecule has 0 fully saturated rings. The van der Waals surface area contributed by atoms with Crippen LogP contribution in [0.15, 0.2) is 41.2 Å². The van der Waals surface area contributed by atoms with Gasteiger partial charge in [0, 0.05) is 36.4 Å². The lowest BCUT2D eigenvalue weighted by Crippen LogP contribution is -2.22. The molecule has 2 rings (SSSR count). The van der Waals surface area contributed by atoms with Gasteiger partial charge >= 0.3 is 0 Å². The van der Waals surface area contributed by atoms with E-state index < -0.39 is 0 Å². The zero-order valence-electron chi connectivity index (χ0n) is 12.9. The molecule has 0 saturated carbocycles. The fourth-order valence-corrected chi connectivity index (χ4v) is 2.50. The van der Waals surface area contributed by atoms with Gasteiger partial charge in [0.05, 0.1) is 12.5 Å². The van der Waals surface area contributed by atoms with Crippen molar-refractivity contribution in [2.75, 3.05) is 18.5 Å². The summed E-state index contributed by atoms with van der Waals surface area (Å²) >= 11 is 6.14. The van der Waals surface area contributed by atoms with Gasteiger partial charge in [-0.1, -0.05) is 25.4 Å². The molecule has 4 heteroatoms. The van der Waals surface area contributed by atoms with Gasteiger partial charge in [0.2, 0.25) is 0 Å². The van der Waals surface area contributed by atoms with Gasteiger partial charge in [0.15, 0.2) is 0 Å². The first-order chi connectivity index (χ1) is 10.1. The number of furan rings is 1. The van der Waals surface area contributed by atoms with Crippen molar-refractivity contribution < 1.29 is 4.42 Å². The second kappa shape index (κ2) is 7.53. The van der Waals surface area contributed by atoms with Crippen LogP contribution in [0.2, 0.25) is 5.02 Å². The summed E-state index contributed by atoms with van der Waals surface area (Å²) in [7, 11) is 2.09. The van der Waals surface area contributed by atoms with E-state index in [4.69, 9.17) is 16.0 Å². The second-order valence-corrected chi connectivity index (χ2v) is 6.22. The maximum Gasteiger partial charge on any atom is 0.0952 e. The molecule has 0 saturated heterocycles. The Bertz CT molecular complexity index is 552. The van der Waals surface area contributed by atoms with Gasteiger partial charge in [-0.3, -0.25) is 0 Å². The fraction of sp³-hybridized carbons (Fsp3) is 0.412. The van der Waals surface area contributed by atoms with Gasteiger partial charge in [-0.05, 0) is 42.3 Å². The lowest BCUT2D eigenvalue weighted by atomic mass is 10.1. The lowest BCUT2D eigenvalue weighted by molar-refractivity contribution is 0.552. The Morgan fingerprint density at radius 1 is 1.29 bits per heavy atom. The van der Waals surface area contributed by atoms with E-state index >= 15 is 0 Å². The molecule has 0 aliphatic rings. The predicted molar refractivity (Wildman–Crippen MR) is 88.8 cm³/mol. The van der Waals surface area contributed by atoms with Crippen LogP contribution >= 0.6 is 11.6 Å². The highest BCUT2D eigenvalue weighted by Crippen LogP contribution is 2.25. The molecule has 2 aromatic rings. The third-order valence-electron chi connectivity index (χ3n) is 3.32. The molecular formula is C17H23ClN2O. The lowest BCUT2D eigenvalue weighted by Gasteiger charge is -2.22. The molecule has 0 atom stereocenters. The Hall–Kier alpha value is -1.45. The van der Waals surface area contributed by atoms with Crippen LogP contribution in [0.1, 0.15) is 25.0 Å². The van der Waals surface area contributed by atoms with Crippen molar-refractivity contribution in [3.8, 4) is 0 Å². The van der Waals surface area contributed by atoms with Crippen LogP contribution < -0.4 is 10.2 Å². The van der Waals surface area contributed by atoms with E-state index in [-0.39, 0.29) is 0 Å². The second-order valence-electron chi connectivity index (χ2n) is 5.79. The first kappa shape index (κ1) is 15.9. The molecule has 0 amide bonds. The maximum atomic E-state index is 6.14. The van der Waals surface area contributed by atoms with Gasteiger partial charge in [-0.15, -0.1) is 0 Å². The molecule has 21 heavy (non-hydrogen) atoms. The minimum atomic E-state index is 0.635. The molecule has 0 aliphatic heterocycles. The van der Waals surface area contributed by atoms with Gasteiger partial charge < -0.3 is 14.6 Å². The van der Waals surface area contributed by atoms with Crippen LogP contribution in [0.25, 0.3) is 0 Å². The van der Waals surface area contributed by atoms with Crippen LogP contribution in [-0.2, 0) is 13.1 Å². The molecule has 1 N–H and O–H groups in total. The van der Waals surface area contributed by atoms with Crippen molar-refractivity contribution in [1.82, 2.24) is 5.32 Å². The van der Waals surface area contributed by atoms with E-state index in [9.17, 15) is 0 Å². The van der Waals surface area contributed by atoms with Crippen molar-refractivity contribution in [3.05, 3.63) is 52.9 Å². The Labute approximate surface area is 131 Å². The van der Waals surface area contributed by atoms with Gasteiger partial charge in [-0.2, -0.15) is 0 Å². The zero-order valence-corrected chi connectivity index (χ0v) is 13.7. The summed E-state index contributed by atoms with van der Waals surface area (Å²) in [5, 5.41) is 4.25. The molecular weight excluding hydrogens is 284 g/mol. The van der Waals surface area contributed by atoms with Crippen molar-refractivity contribution in [3.63, 3.8) is 0 Å². The molecule has 0 bridgehead atoms. The number of hydrogen-bond donors (Lipinski definition) is 1. The molecule has 0 unspecified atom stereocenters. The summed E-state index contributed by atoms with van der Waals surface area (Å²) in [4.78, 5) is 2.22. The molecule has 1 aromatic carbocycles. The van der Waals surface area contributed by atoms with E-state index in [0.717, 1.165) is 30.2 Å². The van der Waals surface area contributed by atoms with Gasteiger partial charge in [0.1, 0.15) is 0 Å². The normalized spacial score (nSPS) is 11.1. The number of halogens is 1. The third kappa shape index (κ3) is 4.80. The number of hydrogen-bond acceptors (Lipinski definition) is 3. The Morgan fingerprint density at radius 2 is 2.10 bits per heavy atom. The maximum absolute atomic E-state index is 6.14. The van der Waals surface area contributed by atoms with Crippen LogP contribution in [0, 0.1) is 5.92 Å². The molecule has 0 radical (unpaired) electrons. The summed E-state index contributed by atoms with van der Waals surface area (Å²) < 4.78 is 5.13. The molecule has 3 nitrogen and oxygen atoms in total. The average molecular weight is 307 g/mol. The monoisotopic (exact) mass is 306 g/mol. The highest BCUT2D eigenvalue weighted by Gasteiger charge is 2.09. The van der Waals surface area contributed by atoms with Crippen molar-refractivity contribution in [2.45, 2.75) is 26.9 Å². The third-order valence-corrected chi connectivity index (χ3v) is 3.56. The molecule has 1 heterocycles. The first-order valence-corrected chi connectivity index (χ1v) is 7.65. The number of anilines is 1. The van der Waals surface area contributed by atoms with Crippen molar-refractivity contribution in [1.29, 1.82) is 0 Å². The quantitative estimate of drug-likeness (QED) is 0.826.